The van der Waals surface area contributed by atoms with Crippen molar-refractivity contribution in [2.24, 2.45) is 0 Å². The third-order valence-electron chi connectivity index (χ3n) is 4.63. The highest BCUT2D eigenvalue weighted by Crippen LogP contribution is 2.45. The van der Waals surface area contributed by atoms with Crippen LogP contribution in [0.25, 0.3) is 0 Å². The Morgan fingerprint density at radius 2 is 2.00 bits per heavy atom. The molecule has 3 nitrogen and oxygen atoms in total. The fraction of sp³-hybridized carbons (Fsp3) is 0.333. The Labute approximate surface area is 135 Å². The molecule has 0 aliphatic carbocycles. The molecular weight excluding hydrogens is 290 g/mol. The van der Waals surface area contributed by atoms with Gasteiger partial charge in [-0.25, -0.2) is 0 Å². The molecular formula is C18H21N3S. The number of nitrogens with one attached hydrogen (secondary N) is 3. The lowest BCUT2D eigenvalue weighted by atomic mass is 9.90. The van der Waals surface area contributed by atoms with Crippen molar-refractivity contribution in [1.82, 2.24) is 5.32 Å². The predicted octanol–water partition coefficient (Wildman–Crippen LogP) is 4.02. The van der Waals surface area contributed by atoms with Gasteiger partial charge in [0, 0.05) is 34.8 Å². The van der Waals surface area contributed by atoms with Gasteiger partial charge in [-0.1, -0.05) is 18.2 Å². The van der Waals surface area contributed by atoms with Gasteiger partial charge in [0.2, 0.25) is 0 Å². The average Bonchev–Trinajstić information content (AvgIpc) is 2.94. The van der Waals surface area contributed by atoms with Crippen LogP contribution < -0.4 is 16.0 Å². The Morgan fingerprint density at radius 1 is 1.14 bits per heavy atom. The minimum absolute atomic E-state index is 0.590. The molecule has 0 spiro atoms. The van der Waals surface area contributed by atoms with Crippen molar-refractivity contribution in [1.29, 1.82) is 0 Å². The molecule has 4 heteroatoms. The Bertz CT molecular complexity index is 672. The van der Waals surface area contributed by atoms with E-state index in [0.717, 1.165) is 18.8 Å². The molecule has 0 bridgehead atoms. The summed E-state index contributed by atoms with van der Waals surface area (Å²) in [5.74, 6) is 0.590. The molecule has 1 fully saturated rings. The molecule has 2 aliphatic rings. The topological polar surface area (TPSA) is 36.1 Å². The van der Waals surface area contributed by atoms with Crippen molar-refractivity contribution in [2.75, 3.05) is 30.0 Å². The lowest BCUT2D eigenvalue weighted by Crippen LogP contribution is -2.38. The number of hydrogen-bond acceptors (Lipinski definition) is 4. The fourth-order valence-electron chi connectivity index (χ4n) is 3.55. The second kappa shape index (κ2) is 5.86. The number of benzene rings is 2. The lowest BCUT2D eigenvalue weighted by molar-refractivity contribution is 0.440. The number of piperidine rings is 1. The van der Waals surface area contributed by atoms with Gasteiger partial charge in [-0.15, -0.1) is 11.8 Å². The number of thioether (sulfide) groups is 1. The first-order chi connectivity index (χ1) is 10.8. The molecule has 2 unspecified atom stereocenters. The van der Waals surface area contributed by atoms with E-state index in [1.165, 1.54) is 28.3 Å². The second-order valence-corrected chi connectivity index (χ2v) is 6.83. The van der Waals surface area contributed by atoms with E-state index in [2.05, 4.69) is 58.6 Å². The van der Waals surface area contributed by atoms with E-state index < -0.39 is 0 Å². The largest absolute Gasteiger partial charge is 0.380 e. The van der Waals surface area contributed by atoms with Gasteiger partial charge >= 0.3 is 0 Å². The van der Waals surface area contributed by atoms with E-state index in [4.69, 9.17) is 0 Å². The smallest absolute Gasteiger partial charge is 0.0518 e. The van der Waals surface area contributed by atoms with Gasteiger partial charge in [-0.05, 0) is 49.1 Å². The Kier molecular flexibility index (Phi) is 3.72. The highest BCUT2D eigenvalue weighted by Gasteiger charge is 2.35. The van der Waals surface area contributed by atoms with Crippen LogP contribution in [0.4, 0.5) is 17.1 Å². The van der Waals surface area contributed by atoms with Crippen LogP contribution in [0.15, 0.2) is 47.4 Å². The number of anilines is 3. The molecule has 0 aromatic heterocycles. The van der Waals surface area contributed by atoms with Crippen molar-refractivity contribution in [3.05, 3.63) is 48.0 Å². The third kappa shape index (κ3) is 2.46. The van der Waals surface area contributed by atoms with E-state index in [0.29, 0.717) is 12.0 Å². The summed E-state index contributed by atoms with van der Waals surface area (Å²) >= 11 is 1.82. The molecule has 2 aliphatic heterocycles. The lowest BCUT2D eigenvalue weighted by Gasteiger charge is -2.26. The minimum Gasteiger partial charge on any atom is -0.380 e. The maximum absolute atomic E-state index is 3.76. The molecule has 1 saturated heterocycles. The van der Waals surface area contributed by atoms with Crippen molar-refractivity contribution in [2.45, 2.75) is 23.3 Å². The zero-order chi connectivity index (χ0) is 14.9. The molecule has 4 rings (SSSR count). The van der Waals surface area contributed by atoms with Gasteiger partial charge in [-0.3, -0.25) is 0 Å². The normalized spacial score (nSPS) is 22.6. The van der Waals surface area contributed by atoms with E-state index in [9.17, 15) is 0 Å². The van der Waals surface area contributed by atoms with Gasteiger partial charge in [0.1, 0.15) is 0 Å². The van der Waals surface area contributed by atoms with Crippen molar-refractivity contribution >= 4 is 28.8 Å². The van der Waals surface area contributed by atoms with Crippen LogP contribution in [-0.4, -0.2) is 25.4 Å². The summed E-state index contributed by atoms with van der Waals surface area (Å²) in [6.45, 7) is 2.19. The van der Waals surface area contributed by atoms with Crippen molar-refractivity contribution in [3.8, 4) is 0 Å². The first-order valence-corrected chi connectivity index (χ1v) is 9.09. The third-order valence-corrected chi connectivity index (χ3v) is 5.39. The summed E-state index contributed by atoms with van der Waals surface area (Å²) in [5.41, 5.74) is 5.13. The molecule has 0 saturated carbocycles. The number of rotatable bonds is 3. The molecule has 114 valence electrons. The molecule has 2 heterocycles. The first kappa shape index (κ1) is 14.0. The highest BCUT2D eigenvalue weighted by molar-refractivity contribution is 7.98. The monoisotopic (exact) mass is 311 g/mol. The van der Waals surface area contributed by atoms with Gasteiger partial charge in [-0.2, -0.15) is 0 Å². The number of para-hydroxylation sites is 1. The minimum atomic E-state index is 0.590. The summed E-state index contributed by atoms with van der Waals surface area (Å²) in [4.78, 5) is 1.34. The number of fused-ring (bicyclic) bond motifs is 3. The number of hydrogen-bond donors (Lipinski definition) is 3. The molecule has 2 atom stereocenters. The summed E-state index contributed by atoms with van der Waals surface area (Å²) in [6, 6.07) is 15.6. The zero-order valence-electron chi connectivity index (χ0n) is 12.7. The second-order valence-electron chi connectivity index (χ2n) is 5.98. The van der Waals surface area contributed by atoms with E-state index in [1.54, 1.807) is 0 Å². The molecule has 0 radical (unpaired) electrons. The SMILES string of the molecule is CSc1cc(Nc2ccccc2)cc2c1NC1CCNCC21. The predicted molar refractivity (Wildman–Crippen MR) is 95.6 cm³/mol. The standard InChI is InChI=1S/C18H21N3S/c1-22-17-10-13(20-12-5-3-2-4-6-12)9-14-15-11-19-8-7-16(15)21-18(14)17/h2-6,9-10,15-16,19-21H,7-8,11H2,1H3. The zero-order valence-corrected chi connectivity index (χ0v) is 13.5. The average molecular weight is 311 g/mol. The molecule has 3 N–H and O–H groups in total. The summed E-state index contributed by atoms with van der Waals surface area (Å²) in [7, 11) is 0. The van der Waals surface area contributed by atoms with Crippen LogP contribution in [0.5, 0.6) is 0 Å². The van der Waals surface area contributed by atoms with Crippen LogP contribution in [0.1, 0.15) is 17.9 Å². The van der Waals surface area contributed by atoms with Crippen LogP contribution >= 0.6 is 11.8 Å². The van der Waals surface area contributed by atoms with E-state index in [-0.39, 0.29) is 0 Å². The van der Waals surface area contributed by atoms with Crippen molar-refractivity contribution < 1.29 is 0 Å². The fourth-order valence-corrected chi connectivity index (χ4v) is 4.17. The van der Waals surface area contributed by atoms with Crippen LogP contribution in [0.3, 0.4) is 0 Å². The van der Waals surface area contributed by atoms with Crippen LogP contribution in [-0.2, 0) is 0 Å². The molecule has 2 aromatic carbocycles. The summed E-state index contributed by atoms with van der Waals surface area (Å²) < 4.78 is 0. The highest BCUT2D eigenvalue weighted by atomic mass is 32.2. The summed E-state index contributed by atoms with van der Waals surface area (Å²) in [5, 5.41) is 10.8. The van der Waals surface area contributed by atoms with Crippen molar-refractivity contribution in [3.63, 3.8) is 0 Å². The molecule has 2 aromatic rings. The van der Waals surface area contributed by atoms with Gasteiger partial charge in [0.15, 0.2) is 0 Å². The Balaban J connectivity index is 1.70. The van der Waals surface area contributed by atoms with Crippen LogP contribution in [0, 0.1) is 0 Å². The first-order valence-electron chi connectivity index (χ1n) is 7.86. The van der Waals surface area contributed by atoms with Gasteiger partial charge < -0.3 is 16.0 Å². The molecule has 22 heavy (non-hydrogen) atoms. The van der Waals surface area contributed by atoms with Gasteiger partial charge in [0.25, 0.3) is 0 Å². The van der Waals surface area contributed by atoms with Crippen LogP contribution in [0.2, 0.25) is 0 Å². The van der Waals surface area contributed by atoms with Gasteiger partial charge in [0.05, 0.1) is 5.69 Å². The quantitative estimate of drug-likeness (QED) is 0.748. The van der Waals surface area contributed by atoms with E-state index in [1.807, 2.05) is 17.8 Å². The summed E-state index contributed by atoms with van der Waals surface area (Å²) in [6.07, 6.45) is 3.36. The van der Waals surface area contributed by atoms with E-state index >= 15 is 0 Å². The Hall–Kier alpha value is -1.65. The molecule has 0 amide bonds. The maximum Gasteiger partial charge on any atom is 0.0518 e. The Morgan fingerprint density at radius 3 is 2.82 bits per heavy atom. The maximum atomic E-state index is 3.76.